The lowest BCUT2D eigenvalue weighted by atomic mass is 9.77. The van der Waals surface area contributed by atoms with Crippen LogP contribution in [0.5, 0.6) is 0 Å². The van der Waals surface area contributed by atoms with Gasteiger partial charge in [-0.2, -0.15) is 0 Å². The van der Waals surface area contributed by atoms with Gasteiger partial charge in [-0.3, -0.25) is 4.79 Å². The van der Waals surface area contributed by atoms with E-state index in [1.54, 1.807) is 0 Å². The molecule has 94 valence electrons. The standard InChI is InChI=1S/C13H18N2O.ClH/c1-9(16)15-12-7-5-11(6-8-12)13(14)10-3-2-4-10;/h5-8,10,13H,2-4,14H2,1H3,(H,15,16);1H/t13-;/m1./s1. The smallest absolute Gasteiger partial charge is 0.221 e. The predicted molar refractivity (Wildman–Crippen MR) is 72.3 cm³/mol. The molecule has 2 rings (SSSR count). The lowest BCUT2D eigenvalue weighted by molar-refractivity contribution is -0.114. The first-order valence-electron chi connectivity index (χ1n) is 5.80. The SMILES string of the molecule is CC(=O)Nc1ccc([C@H](N)C2CCC2)cc1.Cl. The maximum atomic E-state index is 10.9. The molecule has 1 atom stereocenters. The molecular formula is C13H19ClN2O. The molecule has 0 saturated heterocycles. The van der Waals surface area contributed by atoms with Crippen molar-refractivity contribution >= 4 is 24.0 Å². The van der Waals surface area contributed by atoms with Crippen molar-refractivity contribution in [3.8, 4) is 0 Å². The summed E-state index contributed by atoms with van der Waals surface area (Å²) in [7, 11) is 0. The van der Waals surface area contributed by atoms with Crippen molar-refractivity contribution in [1.29, 1.82) is 0 Å². The average molecular weight is 255 g/mol. The van der Waals surface area contributed by atoms with Crippen LogP contribution in [-0.4, -0.2) is 5.91 Å². The first kappa shape index (κ1) is 14.0. The molecule has 0 radical (unpaired) electrons. The molecule has 1 amide bonds. The Morgan fingerprint density at radius 3 is 2.35 bits per heavy atom. The Morgan fingerprint density at radius 1 is 1.35 bits per heavy atom. The molecule has 1 aromatic rings. The highest BCUT2D eigenvalue weighted by Crippen LogP contribution is 2.36. The summed E-state index contributed by atoms with van der Waals surface area (Å²) in [6.45, 7) is 1.51. The van der Waals surface area contributed by atoms with Gasteiger partial charge in [-0.15, -0.1) is 12.4 Å². The molecule has 0 bridgehead atoms. The van der Waals surface area contributed by atoms with Gasteiger partial charge in [0.2, 0.25) is 5.91 Å². The number of rotatable bonds is 3. The molecule has 0 spiro atoms. The van der Waals surface area contributed by atoms with Crippen LogP contribution >= 0.6 is 12.4 Å². The summed E-state index contributed by atoms with van der Waals surface area (Å²) in [5.74, 6) is 0.600. The topological polar surface area (TPSA) is 55.1 Å². The van der Waals surface area contributed by atoms with E-state index in [1.807, 2.05) is 24.3 Å². The van der Waals surface area contributed by atoms with Gasteiger partial charge in [0, 0.05) is 18.7 Å². The van der Waals surface area contributed by atoms with E-state index in [1.165, 1.54) is 31.7 Å². The van der Waals surface area contributed by atoms with E-state index in [9.17, 15) is 4.79 Å². The zero-order valence-electron chi connectivity index (χ0n) is 9.98. The Hall–Kier alpha value is -1.06. The van der Waals surface area contributed by atoms with E-state index in [4.69, 9.17) is 5.73 Å². The van der Waals surface area contributed by atoms with E-state index < -0.39 is 0 Å². The summed E-state index contributed by atoms with van der Waals surface area (Å²) < 4.78 is 0. The second kappa shape index (κ2) is 6.03. The summed E-state index contributed by atoms with van der Waals surface area (Å²) in [5.41, 5.74) is 8.16. The Kier molecular flexibility index (Phi) is 4.97. The molecular weight excluding hydrogens is 236 g/mol. The molecule has 1 fully saturated rings. The Balaban J connectivity index is 0.00000144. The third-order valence-corrected chi connectivity index (χ3v) is 3.27. The fourth-order valence-electron chi connectivity index (χ4n) is 2.06. The summed E-state index contributed by atoms with van der Waals surface area (Å²) in [6.07, 6.45) is 3.80. The zero-order valence-corrected chi connectivity index (χ0v) is 10.8. The van der Waals surface area contributed by atoms with Crippen molar-refractivity contribution in [2.24, 2.45) is 11.7 Å². The molecule has 0 aliphatic heterocycles. The van der Waals surface area contributed by atoms with Crippen molar-refractivity contribution in [2.75, 3.05) is 5.32 Å². The molecule has 1 aromatic carbocycles. The van der Waals surface area contributed by atoms with Crippen LogP contribution in [0.25, 0.3) is 0 Å². The van der Waals surface area contributed by atoms with Gasteiger partial charge >= 0.3 is 0 Å². The first-order chi connectivity index (χ1) is 7.66. The second-order valence-electron chi connectivity index (χ2n) is 4.52. The maximum absolute atomic E-state index is 10.9. The highest BCUT2D eigenvalue weighted by Gasteiger charge is 2.25. The Labute approximate surface area is 108 Å². The van der Waals surface area contributed by atoms with Crippen LogP contribution < -0.4 is 11.1 Å². The summed E-state index contributed by atoms with van der Waals surface area (Å²) in [4.78, 5) is 10.9. The fourth-order valence-corrected chi connectivity index (χ4v) is 2.06. The van der Waals surface area contributed by atoms with Crippen molar-refractivity contribution in [1.82, 2.24) is 0 Å². The number of anilines is 1. The van der Waals surface area contributed by atoms with Crippen LogP contribution in [0.2, 0.25) is 0 Å². The van der Waals surface area contributed by atoms with E-state index in [-0.39, 0.29) is 24.4 Å². The van der Waals surface area contributed by atoms with Crippen LogP contribution in [0.1, 0.15) is 37.8 Å². The highest BCUT2D eigenvalue weighted by atomic mass is 35.5. The number of carbonyl (C=O) groups is 1. The van der Waals surface area contributed by atoms with Gasteiger partial charge in [-0.1, -0.05) is 18.6 Å². The zero-order chi connectivity index (χ0) is 11.5. The first-order valence-corrected chi connectivity index (χ1v) is 5.80. The normalized spacial score (nSPS) is 16.6. The van der Waals surface area contributed by atoms with E-state index in [0.717, 1.165) is 5.69 Å². The number of carbonyl (C=O) groups excluding carboxylic acids is 1. The van der Waals surface area contributed by atoms with Crippen LogP contribution in [-0.2, 0) is 4.79 Å². The number of hydrogen-bond donors (Lipinski definition) is 2. The molecule has 0 heterocycles. The number of halogens is 1. The van der Waals surface area contributed by atoms with Crippen LogP contribution in [0.15, 0.2) is 24.3 Å². The van der Waals surface area contributed by atoms with Gasteiger partial charge in [-0.25, -0.2) is 0 Å². The predicted octanol–water partition coefficient (Wildman–Crippen LogP) is 2.87. The van der Waals surface area contributed by atoms with Crippen molar-refractivity contribution in [3.63, 3.8) is 0 Å². The van der Waals surface area contributed by atoms with Crippen molar-refractivity contribution in [2.45, 2.75) is 32.2 Å². The minimum Gasteiger partial charge on any atom is -0.326 e. The summed E-state index contributed by atoms with van der Waals surface area (Å²) in [6, 6.07) is 7.99. The molecule has 0 aromatic heterocycles. The van der Waals surface area contributed by atoms with Crippen LogP contribution in [0.3, 0.4) is 0 Å². The van der Waals surface area contributed by atoms with Gasteiger partial charge in [0.05, 0.1) is 0 Å². The lowest BCUT2D eigenvalue weighted by Crippen LogP contribution is -2.26. The largest absolute Gasteiger partial charge is 0.326 e. The number of nitrogens with one attached hydrogen (secondary N) is 1. The Morgan fingerprint density at radius 2 is 1.94 bits per heavy atom. The van der Waals surface area contributed by atoms with Crippen LogP contribution in [0, 0.1) is 5.92 Å². The minimum atomic E-state index is -0.0453. The summed E-state index contributed by atoms with van der Waals surface area (Å²) >= 11 is 0. The van der Waals surface area contributed by atoms with Crippen molar-refractivity contribution < 1.29 is 4.79 Å². The summed E-state index contributed by atoms with van der Waals surface area (Å²) in [5, 5.41) is 2.75. The van der Waals surface area contributed by atoms with E-state index in [2.05, 4.69) is 5.32 Å². The second-order valence-corrected chi connectivity index (χ2v) is 4.52. The van der Waals surface area contributed by atoms with Gasteiger partial charge < -0.3 is 11.1 Å². The molecule has 1 aliphatic rings. The third-order valence-electron chi connectivity index (χ3n) is 3.27. The van der Waals surface area contributed by atoms with Gasteiger partial charge in [-0.05, 0) is 36.5 Å². The van der Waals surface area contributed by atoms with Gasteiger partial charge in [0.15, 0.2) is 0 Å². The molecule has 0 unspecified atom stereocenters. The number of amides is 1. The third kappa shape index (κ3) is 3.45. The van der Waals surface area contributed by atoms with Crippen molar-refractivity contribution in [3.05, 3.63) is 29.8 Å². The number of nitrogens with two attached hydrogens (primary N) is 1. The fraction of sp³-hybridized carbons (Fsp3) is 0.462. The molecule has 1 saturated carbocycles. The molecule has 17 heavy (non-hydrogen) atoms. The van der Waals surface area contributed by atoms with Crippen LogP contribution in [0.4, 0.5) is 5.69 Å². The van der Waals surface area contributed by atoms with E-state index >= 15 is 0 Å². The number of benzene rings is 1. The minimum absolute atomic E-state index is 0. The van der Waals surface area contributed by atoms with Gasteiger partial charge in [0.1, 0.15) is 0 Å². The monoisotopic (exact) mass is 254 g/mol. The Bertz CT molecular complexity index is 374. The van der Waals surface area contributed by atoms with E-state index in [0.29, 0.717) is 5.92 Å². The molecule has 1 aliphatic carbocycles. The molecule has 3 nitrogen and oxygen atoms in total. The molecule has 3 N–H and O–H groups in total. The lowest BCUT2D eigenvalue weighted by Gasteiger charge is -2.31. The molecule has 4 heteroatoms. The van der Waals surface area contributed by atoms with Gasteiger partial charge in [0.25, 0.3) is 0 Å². The highest BCUT2D eigenvalue weighted by molar-refractivity contribution is 5.88. The number of hydrogen-bond acceptors (Lipinski definition) is 2. The average Bonchev–Trinajstić information content (AvgIpc) is 2.15. The quantitative estimate of drug-likeness (QED) is 0.872. The maximum Gasteiger partial charge on any atom is 0.221 e.